The number of carbonyl (C=O) groups is 1. The number of aromatic nitrogens is 2. The molecule has 1 N–H and O–H groups in total. The largest absolute Gasteiger partial charge is 0.342 e. The van der Waals surface area contributed by atoms with Gasteiger partial charge in [-0.1, -0.05) is 11.2 Å². The molecular weight excluding hydrogens is 324 g/mol. The molecule has 0 aliphatic carbocycles. The summed E-state index contributed by atoms with van der Waals surface area (Å²) in [6.07, 6.45) is 4.25. The molecule has 1 aliphatic heterocycles. The number of likely N-dealkylation sites (tertiary alicyclic amines) is 1. The van der Waals surface area contributed by atoms with Crippen LogP contribution in [0.4, 0.5) is 0 Å². The summed E-state index contributed by atoms with van der Waals surface area (Å²) in [4.78, 5) is 19.8. The van der Waals surface area contributed by atoms with E-state index in [2.05, 4.69) is 15.5 Å². The number of carbonyl (C=O) groups excluding carboxylic acids is 1. The quantitative estimate of drug-likeness (QED) is 0.833. The fourth-order valence-electron chi connectivity index (χ4n) is 3.16. The summed E-state index contributed by atoms with van der Waals surface area (Å²) < 4.78 is 5.28. The third kappa shape index (κ3) is 4.42. The Kier molecular flexibility index (Phi) is 5.98. The Morgan fingerprint density at radius 2 is 2.46 bits per heavy atom. The average Bonchev–Trinajstić information content (AvgIpc) is 3.27. The van der Waals surface area contributed by atoms with Gasteiger partial charge in [0.1, 0.15) is 0 Å². The van der Waals surface area contributed by atoms with Gasteiger partial charge in [-0.2, -0.15) is 4.98 Å². The van der Waals surface area contributed by atoms with Crippen LogP contribution in [0, 0.1) is 5.92 Å². The predicted octanol–water partition coefficient (Wildman–Crippen LogP) is 2.58. The molecule has 0 saturated carbocycles. The topological polar surface area (TPSA) is 71.3 Å². The maximum absolute atomic E-state index is 12.4. The number of amides is 1. The van der Waals surface area contributed by atoms with Gasteiger partial charge in [-0.25, -0.2) is 0 Å². The highest BCUT2D eigenvalue weighted by atomic mass is 32.1. The van der Waals surface area contributed by atoms with Crippen molar-refractivity contribution < 1.29 is 9.32 Å². The van der Waals surface area contributed by atoms with Crippen LogP contribution in [0.3, 0.4) is 0 Å². The molecule has 0 radical (unpaired) electrons. The SMILES string of the molecule is CNCC1CCCN(C(=O)CCCc2nc(-c3cccs3)no2)C1. The second-order valence-electron chi connectivity index (χ2n) is 6.25. The lowest BCUT2D eigenvalue weighted by atomic mass is 9.97. The van der Waals surface area contributed by atoms with Crippen LogP contribution in [0.25, 0.3) is 10.7 Å². The van der Waals surface area contributed by atoms with E-state index in [0.29, 0.717) is 30.5 Å². The maximum Gasteiger partial charge on any atom is 0.226 e. The normalized spacial score (nSPS) is 18.0. The first kappa shape index (κ1) is 17.1. The predicted molar refractivity (Wildman–Crippen MR) is 93.8 cm³/mol. The number of nitrogens with zero attached hydrogens (tertiary/aromatic N) is 3. The summed E-state index contributed by atoms with van der Waals surface area (Å²) in [5.41, 5.74) is 0. The molecule has 24 heavy (non-hydrogen) atoms. The Morgan fingerprint density at radius 3 is 3.25 bits per heavy atom. The van der Waals surface area contributed by atoms with Crippen molar-refractivity contribution in [2.24, 2.45) is 5.92 Å². The van der Waals surface area contributed by atoms with Gasteiger partial charge in [-0.15, -0.1) is 11.3 Å². The summed E-state index contributed by atoms with van der Waals surface area (Å²) in [5, 5.41) is 9.20. The van der Waals surface area contributed by atoms with E-state index in [0.717, 1.165) is 37.4 Å². The Hall–Kier alpha value is -1.73. The lowest BCUT2D eigenvalue weighted by Crippen LogP contribution is -2.42. The van der Waals surface area contributed by atoms with E-state index in [1.54, 1.807) is 11.3 Å². The summed E-state index contributed by atoms with van der Waals surface area (Å²) in [6, 6.07) is 3.94. The van der Waals surface area contributed by atoms with Crippen molar-refractivity contribution in [1.29, 1.82) is 0 Å². The van der Waals surface area contributed by atoms with Crippen LogP contribution >= 0.6 is 11.3 Å². The van der Waals surface area contributed by atoms with E-state index in [-0.39, 0.29) is 5.91 Å². The van der Waals surface area contributed by atoms with E-state index in [1.807, 2.05) is 29.5 Å². The summed E-state index contributed by atoms with van der Waals surface area (Å²) >= 11 is 1.59. The minimum absolute atomic E-state index is 0.244. The Labute approximate surface area is 146 Å². The molecule has 1 fully saturated rings. The van der Waals surface area contributed by atoms with Gasteiger partial charge in [0, 0.05) is 25.9 Å². The first-order valence-corrected chi connectivity index (χ1v) is 9.43. The number of aryl methyl sites for hydroxylation is 1. The van der Waals surface area contributed by atoms with Gasteiger partial charge in [0.15, 0.2) is 0 Å². The first-order valence-electron chi connectivity index (χ1n) is 8.55. The minimum atomic E-state index is 0.244. The second kappa shape index (κ2) is 8.39. The summed E-state index contributed by atoms with van der Waals surface area (Å²) in [6.45, 7) is 2.75. The molecule has 7 heteroatoms. The fraction of sp³-hybridized carbons (Fsp3) is 0.588. The number of thiophene rings is 1. The lowest BCUT2D eigenvalue weighted by molar-refractivity contribution is -0.133. The van der Waals surface area contributed by atoms with E-state index in [1.165, 1.54) is 6.42 Å². The minimum Gasteiger partial charge on any atom is -0.342 e. The van der Waals surface area contributed by atoms with Gasteiger partial charge >= 0.3 is 0 Å². The average molecular weight is 348 g/mol. The number of hydrogen-bond acceptors (Lipinski definition) is 6. The zero-order valence-electron chi connectivity index (χ0n) is 14.0. The van der Waals surface area contributed by atoms with Crippen molar-refractivity contribution in [2.75, 3.05) is 26.7 Å². The second-order valence-corrected chi connectivity index (χ2v) is 7.20. The molecule has 1 saturated heterocycles. The molecule has 3 heterocycles. The molecule has 1 atom stereocenters. The molecule has 130 valence electrons. The zero-order valence-corrected chi connectivity index (χ0v) is 14.8. The van der Waals surface area contributed by atoms with Crippen LogP contribution in [0.1, 0.15) is 31.6 Å². The molecule has 2 aromatic rings. The molecule has 2 aromatic heterocycles. The maximum atomic E-state index is 12.4. The van der Waals surface area contributed by atoms with Gasteiger partial charge < -0.3 is 14.7 Å². The van der Waals surface area contributed by atoms with Gasteiger partial charge in [0.05, 0.1) is 4.88 Å². The zero-order chi connectivity index (χ0) is 16.8. The lowest BCUT2D eigenvalue weighted by Gasteiger charge is -2.32. The number of hydrogen-bond donors (Lipinski definition) is 1. The Bertz CT molecular complexity index is 639. The highest BCUT2D eigenvalue weighted by Gasteiger charge is 2.22. The van der Waals surface area contributed by atoms with Crippen LogP contribution in [0.5, 0.6) is 0 Å². The smallest absolute Gasteiger partial charge is 0.226 e. The van der Waals surface area contributed by atoms with Crippen molar-refractivity contribution in [3.05, 3.63) is 23.4 Å². The van der Waals surface area contributed by atoms with Crippen LogP contribution in [0.2, 0.25) is 0 Å². The monoisotopic (exact) mass is 348 g/mol. The van der Waals surface area contributed by atoms with Crippen molar-refractivity contribution in [3.63, 3.8) is 0 Å². The molecular formula is C17H24N4O2S. The highest BCUT2D eigenvalue weighted by molar-refractivity contribution is 7.13. The van der Waals surface area contributed by atoms with Crippen molar-refractivity contribution >= 4 is 17.2 Å². The molecule has 0 bridgehead atoms. The van der Waals surface area contributed by atoms with Gasteiger partial charge in [0.25, 0.3) is 0 Å². The molecule has 1 aliphatic rings. The molecule has 0 aromatic carbocycles. The number of rotatable bonds is 7. The summed E-state index contributed by atoms with van der Waals surface area (Å²) in [7, 11) is 1.97. The first-order chi connectivity index (χ1) is 11.8. The molecule has 1 unspecified atom stereocenters. The molecule has 3 rings (SSSR count). The number of nitrogens with one attached hydrogen (secondary N) is 1. The van der Waals surface area contributed by atoms with E-state index < -0.39 is 0 Å². The Balaban J connectivity index is 1.43. The standard InChI is InChI=1S/C17H24N4O2S/c1-18-11-13-5-3-9-21(12-13)16(22)8-2-7-15-19-17(20-23-15)14-6-4-10-24-14/h4,6,10,13,18H,2-3,5,7-9,11-12H2,1H3. The van der Waals surface area contributed by atoms with Crippen molar-refractivity contribution in [1.82, 2.24) is 20.4 Å². The fourth-order valence-corrected chi connectivity index (χ4v) is 3.81. The van der Waals surface area contributed by atoms with Gasteiger partial charge in [0.2, 0.25) is 17.6 Å². The molecule has 6 nitrogen and oxygen atoms in total. The van der Waals surface area contributed by atoms with Crippen LogP contribution < -0.4 is 5.32 Å². The van der Waals surface area contributed by atoms with E-state index in [9.17, 15) is 4.79 Å². The van der Waals surface area contributed by atoms with Crippen LogP contribution in [-0.2, 0) is 11.2 Å². The third-order valence-corrected chi connectivity index (χ3v) is 5.22. The van der Waals surface area contributed by atoms with Crippen LogP contribution in [0.15, 0.2) is 22.0 Å². The summed E-state index contributed by atoms with van der Waals surface area (Å²) in [5.74, 6) is 2.07. The highest BCUT2D eigenvalue weighted by Crippen LogP contribution is 2.22. The van der Waals surface area contributed by atoms with Crippen molar-refractivity contribution in [2.45, 2.75) is 32.1 Å². The molecule has 0 spiro atoms. The Morgan fingerprint density at radius 1 is 1.54 bits per heavy atom. The number of piperidine rings is 1. The third-order valence-electron chi connectivity index (χ3n) is 4.36. The van der Waals surface area contributed by atoms with Crippen molar-refractivity contribution in [3.8, 4) is 10.7 Å². The van der Waals surface area contributed by atoms with Crippen LogP contribution in [-0.4, -0.2) is 47.6 Å². The van der Waals surface area contributed by atoms with E-state index in [4.69, 9.17) is 4.52 Å². The van der Waals surface area contributed by atoms with Gasteiger partial charge in [-0.3, -0.25) is 4.79 Å². The van der Waals surface area contributed by atoms with Gasteiger partial charge in [-0.05, 0) is 50.2 Å². The molecule has 1 amide bonds. The van der Waals surface area contributed by atoms with E-state index >= 15 is 0 Å².